The monoisotopic (exact) mass is 693 g/mol. The molecule has 2 unspecified atom stereocenters. The molecule has 0 spiro atoms. The SMILES string of the molecule is CNC(NC(NCc1ccc2c(c1)sc1ccccc12)c1cccc2c1oc1c(-c3cccc4c3oc3ccccc34)cccc12)c1ccccc1. The van der Waals surface area contributed by atoms with Crippen LogP contribution in [0.1, 0.15) is 29.0 Å². The Morgan fingerprint density at radius 2 is 1.15 bits per heavy atom. The van der Waals surface area contributed by atoms with Crippen molar-refractivity contribution in [2.75, 3.05) is 7.05 Å². The number of thiophene rings is 1. The number of para-hydroxylation sites is 4. The predicted octanol–water partition coefficient (Wildman–Crippen LogP) is 11.8. The minimum absolute atomic E-state index is 0.107. The van der Waals surface area contributed by atoms with Crippen LogP contribution in [0.3, 0.4) is 0 Å². The fraction of sp³-hybridized carbons (Fsp3) is 0.0870. The van der Waals surface area contributed by atoms with Gasteiger partial charge < -0.3 is 14.2 Å². The zero-order valence-electron chi connectivity index (χ0n) is 28.5. The molecule has 7 aromatic carbocycles. The normalized spacial score (nSPS) is 13.2. The van der Waals surface area contributed by atoms with E-state index in [0.29, 0.717) is 6.54 Å². The molecule has 0 amide bonds. The van der Waals surface area contributed by atoms with Crippen LogP contribution in [0, 0.1) is 0 Å². The molecule has 10 rings (SSSR count). The lowest BCUT2D eigenvalue weighted by Gasteiger charge is -2.27. The number of benzene rings is 7. The van der Waals surface area contributed by atoms with Crippen molar-refractivity contribution in [2.24, 2.45) is 0 Å². The van der Waals surface area contributed by atoms with Gasteiger partial charge in [0.25, 0.3) is 0 Å². The van der Waals surface area contributed by atoms with Crippen LogP contribution in [0.15, 0.2) is 160 Å². The third-order valence-corrected chi connectivity index (χ3v) is 11.4. The van der Waals surface area contributed by atoms with Crippen molar-refractivity contribution in [1.82, 2.24) is 16.0 Å². The fourth-order valence-corrected chi connectivity index (χ4v) is 8.93. The molecule has 0 bridgehead atoms. The summed E-state index contributed by atoms with van der Waals surface area (Å²) in [6.45, 7) is 0.670. The van der Waals surface area contributed by atoms with E-state index in [1.165, 1.54) is 25.7 Å². The van der Waals surface area contributed by atoms with Crippen LogP contribution in [-0.4, -0.2) is 7.05 Å². The van der Waals surface area contributed by atoms with E-state index in [9.17, 15) is 0 Å². The van der Waals surface area contributed by atoms with E-state index >= 15 is 0 Å². The maximum absolute atomic E-state index is 7.00. The van der Waals surface area contributed by atoms with Crippen molar-refractivity contribution in [3.63, 3.8) is 0 Å². The van der Waals surface area contributed by atoms with Gasteiger partial charge in [-0.2, -0.15) is 0 Å². The van der Waals surface area contributed by atoms with E-state index in [1.54, 1.807) is 0 Å². The Kier molecular flexibility index (Phi) is 7.62. The second-order valence-corrected chi connectivity index (χ2v) is 14.4. The fourth-order valence-electron chi connectivity index (χ4n) is 7.76. The second-order valence-electron chi connectivity index (χ2n) is 13.3. The predicted molar refractivity (Wildman–Crippen MR) is 217 cm³/mol. The van der Waals surface area contributed by atoms with Crippen molar-refractivity contribution in [2.45, 2.75) is 18.9 Å². The molecule has 0 aliphatic rings. The molecule has 0 saturated carbocycles. The Labute approximate surface area is 304 Å². The summed E-state index contributed by atoms with van der Waals surface area (Å²) in [5.41, 5.74) is 8.90. The number of fused-ring (bicyclic) bond motifs is 9. The van der Waals surface area contributed by atoms with Gasteiger partial charge in [0.15, 0.2) is 0 Å². The number of nitrogens with one attached hydrogen (secondary N) is 3. The number of furan rings is 2. The Morgan fingerprint density at radius 3 is 1.96 bits per heavy atom. The summed E-state index contributed by atoms with van der Waals surface area (Å²) < 4.78 is 16.1. The Bertz CT molecular complexity index is 2900. The van der Waals surface area contributed by atoms with Crippen LogP contribution in [0.2, 0.25) is 0 Å². The summed E-state index contributed by atoms with van der Waals surface area (Å²) in [6, 6.07) is 53.4. The first-order valence-electron chi connectivity index (χ1n) is 17.7. The lowest BCUT2D eigenvalue weighted by molar-refractivity contribution is 0.353. The van der Waals surface area contributed by atoms with E-state index < -0.39 is 0 Å². The quantitative estimate of drug-likeness (QED) is 0.131. The molecular formula is C46H35N3O2S. The average molecular weight is 694 g/mol. The summed E-state index contributed by atoms with van der Waals surface area (Å²) in [4.78, 5) is 0. The summed E-state index contributed by atoms with van der Waals surface area (Å²) in [7, 11) is 1.99. The van der Waals surface area contributed by atoms with Gasteiger partial charge in [0.2, 0.25) is 0 Å². The number of hydrogen-bond acceptors (Lipinski definition) is 6. The zero-order chi connectivity index (χ0) is 34.6. The highest BCUT2D eigenvalue weighted by Crippen LogP contribution is 2.42. The van der Waals surface area contributed by atoms with Crippen molar-refractivity contribution in [3.8, 4) is 11.1 Å². The van der Waals surface area contributed by atoms with Crippen molar-refractivity contribution in [1.29, 1.82) is 0 Å². The molecule has 10 aromatic rings. The summed E-state index contributed by atoms with van der Waals surface area (Å²) >= 11 is 1.85. The van der Waals surface area contributed by atoms with E-state index in [4.69, 9.17) is 8.83 Å². The molecule has 3 N–H and O–H groups in total. The van der Waals surface area contributed by atoms with Crippen molar-refractivity contribution < 1.29 is 8.83 Å². The second kappa shape index (κ2) is 12.8. The number of hydrogen-bond donors (Lipinski definition) is 3. The van der Waals surface area contributed by atoms with Crippen molar-refractivity contribution >= 4 is 75.4 Å². The minimum atomic E-state index is -0.248. The Balaban J connectivity index is 1.08. The maximum Gasteiger partial charge on any atom is 0.143 e. The average Bonchev–Trinajstić information content (AvgIpc) is 3.89. The molecule has 3 aromatic heterocycles. The highest BCUT2D eigenvalue weighted by Gasteiger charge is 2.24. The van der Waals surface area contributed by atoms with E-state index in [2.05, 4.69) is 155 Å². The molecule has 52 heavy (non-hydrogen) atoms. The van der Waals surface area contributed by atoms with Gasteiger partial charge in [-0.15, -0.1) is 11.3 Å². The first kappa shape index (κ1) is 31.0. The Morgan fingerprint density at radius 1 is 0.519 bits per heavy atom. The van der Waals surface area contributed by atoms with Crippen LogP contribution in [0.25, 0.3) is 75.2 Å². The first-order valence-corrected chi connectivity index (χ1v) is 18.5. The first-order chi connectivity index (χ1) is 25.7. The minimum Gasteiger partial charge on any atom is -0.455 e. The van der Waals surface area contributed by atoms with Gasteiger partial charge in [0.05, 0.1) is 12.3 Å². The van der Waals surface area contributed by atoms with Crippen LogP contribution in [0.5, 0.6) is 0 Å². The van der Waals surface area contributed by atoms with Crippen LogP contribution < -0.4 is 16.0 Å². The van der Waals surface area contributed by atoms with Gasteiger partial charge in [-0.3, -0.25) is 10.6 Å². The Hall–Kier alpha value is -5.76. The van der Waals surface area contributed by atoms with Gasteiger partial charge in [0.1, 0.15) is 22.3 Å². The highest BCUT2D eigenvalue weighted by molar-refractivity contribution is 7.25. The molecule has 252 valence electrons. The zero-order valence-corrected chi connectivity index (χ0v) is 29.3. The molecule has 0 saturated heterocycles. The summed E-state index contributed by atoms with van der Waals surface area (Å²) in [6.07, 6.45) is -0.355. The van der Waals surface area contributed by atoms with Crippen LogP contribution in [-0.2, 0) is 6.54 Å². The van der Waals surface area contributed by atoms with E-state index in [0.717, 1.165) is 66.1 Å². The van der Waals surface area contributed by atoms with Crippen LogP contribution in [0.4, 0.5) is 0 Å². The van der Waals surface area contributed by atoms with E-state index in [-0.39, 0.29) is 12.3 Å². The lowest BCUT2D eigenvalue weighted by atomic mass is 9.99. The summed E-state index contributed by atoms with van der Waals surface area (Å²) in [5, 5.41) is 18.3. The van der Waals surface area contributed by atoms with Gasteiger partial charge in [-0.1, -0.05) is 133 Å². The third kappa shape index (κ3) is 5.19. The molecular weight excluding hydrogens is 659 g/mol. The molecule has 3 heterocycles. The molecule has 2 atom stereocenters. The maximum atomic E-state index is 7.00. The highest BCUT2D eigenvalue weighted by atomic mass is 32.1. The topological polar surface area (TPSA) is 62.4 Å². The van der Waals surface area contributed by atoms with Gasteiger partial charge in [-0.05, 0) is 36.4 Å². The van der Waals surface area contributed by atoms with Crippen molar-refractivity contribution in [3.05, 3.63) is 168 Å². The lowest BCUT2D eigenvalue weighted by Crippen LogP contribution is -2.41. The molecule has 6 heteroatoms. The summed E-state index contributed by atoms with van der Waals surface area (Å²) in [5.74, 6) is 0. The van der Waals surface area contributed by atoms with Gasteiger partial charge >= 0.3 is 0 Å². The third-order valence-electron chi connectivity index (χ3n) is 10.3. The molecule has 0 radical (unpaired) electrons. The largest absolute Gasteiger partial charge is 0.455 e. The molecule has 0 fully saturated rings. The van der Waals surface area contributed by atoms with Gasteiger partial charge in [-0.25, -0.2) is 0 Å². The standard InChI is InChI=1S/C46H35N3O2S/c1-47-45(29-12-3-2-4-13-29)49-46(48-27-28-24-25-32-31-15-6-8-23-40(31)52-41(32)26-28)38-21-11-20-37-36-19-10-18-35(43(36)51-44(37)38)34-17-9-16-33-30-14-5-7-22-39(30)50-42(33)34/h2-26,45-49H,27H2,1H3. The molecule has 0 aliphatic heterocycles. The van der Waals surface area contributed by atoms with Crippen LogP contribution >= 0.6 is 11.3 Å². The molecule has 0 aliphatic carbocycles. The smallest absolute Gasteiger partial charge is 0.143 e. The molecule has 5 nitrogen and oxygen atoms in total. The van der Waals surface area contributed by atoms with Gasteiger partial charge in [0, 0.05) is 65.0 Å². The number of rotatable bonds is 9. The van der Waals surface area contributed by atoms with E-state index in [1.807, 2.05) is 30.5 Å².